The van der Waals surface area contributed by atoms with E-state index >= 15 is 0 Å². The monoisotopic (exact) mass is 364 g/mol. The molecule has 0 bridgehead atoms. The molecule has 0 unspecified atom stereocenters. The lowest BCUT2D eigenvalue weighted by Gasteiger charge is -2.13. The molecule has 0 spiro atoms. The second-order valence-electron chi connectivity index (χ2n) is 5.30. The van der Waals surface area contributed by atoms with Gasteiger partial charge in [0.15, 0.2) is 0 Å². The lowest BCUT2D eigenvalue weighted by Crippen LogP contribution is -2.20. The van der Waals surface area contributed by atoms with Crippen molar-refractivity contribution in [1.82, 2.24) is 0 Å². The number of urea groups is 1. The van der Waals surface area contributed by atoms with E-state index in [0.29, 0.717) is 5.69 Å². The Kier molecular flexibility index (Phi) is 4.55. The zero-order chi connectivity index (χ0) is 18.0. The molecular formula is C18H12ClF3N2O. The first kappa shape index (κ1) is 17.1. The highest BCUT2D eigenvalue weighted by Gasteiger charge is 2.31. The van der Waals surface area contributed by atoms with Gasteiger partial charge in [-0.1, -0.05) is 48.0 Å². The van der Waals surface area contributed by atoms with Gasteiger partial charge in [-0.2, -0.15) is 13.2 Å². The summed E-state index contributed by atoms with van der Waals surface area (Å²) in [6, 6.07) is 14.9. The van der Waals surface area contributed by atoms with Crippen LogP contribution in [0.15, 0.2) is 60.7 Å². The van der Waals surface area contributed by atoms with Crippen LogP contribution in [-0.4, -0.2) is 6.03 Å². The summed E-state index contributed by atoms with van der Waals surface area (Å²) in [6.07, 6.45) is -4.52. The van der Waals surface area contributed by atoms with Crippen LogP contribution in [-0.2, 0) is 6.18 Å². The number of benzene rings is 3. The van der Waals surface area contributed by atoms with E-state index in [0.717, 1.165) is 29.0 Å². The predicted molar refractivity (Wildman–Crippen MR) is 93.0 cm³/mol. The van der Waals surface area contributed by atoms with E-state index in [4.69, 9.17) is 11.6 Å². The molecule has 2 N–H and O–H groups in total. The average Bonchev–Trinajstić information content (AvgIpc) is 2.56. The Morgan fingerprint density at radius 1 is 0.880 bits per heavy atom. The molecule has 0 aliphatic rings. The molecule has 0 aliphatic heterocycles. The third-order valence-electron chi connectivity index (χ3n) is 3.58. The van der Waals surface area contributed by atoms with Gasteiger partial charge < -0.3 is 10.6 Å². The van der Waals surface area contributed by atoms with Gasteiger partial charge in [0.2, 0.25) is 0 Å². The maximum absolute atomic E-state index is 12.8. The summed E-state index contributed by atoms with van der Waals surface area (Å²) < 4.78 is 38.4. The molecule has 3 aromatic carbocycles. The highest BCUT2D eigenvalue weighted by atomic mass is 35.5. The van der Waals surface area contributed by atoms with Gasteiger partial charge in [-0.05, 0) is 29.7 Å². The summed E-state index contributed by atoms with van der Waals surface area (Å²) in [6.45, 7) is 0. The van der Waals surface area contributed by atoms with Crippen molar-refractivity contribution in [2.75, 3.05) is 10.6 Å². The Balaban J connectivity index is 1.83. The van der Waals surface area contributed by atoms with Gasteiger partial charge in [0.25, 0.3) is 0 Å². The molecule has 0 atom stereocenters. The molecule has 0 saturated carbocycles. The van der Waals surface area contributed by atoms with Gasteiger partial charge in [0.05, 0.1) is 22.0 Å². The quantitative estimate of drug-likeness (QED) is 0.562. The summed E-state index contributed by atoms with van der Waals surface area (Å²) in [5.41, 5.74) is -0.467. The van der Waals surface area contributed by atoms with Gasteiger partial charge in [-0.3, -0.25) is 0 Å². The minimum absolute atomic E-state index is 0.0149. The summed E-state index contributed by atoms with van der Waals surface area (Å²) in [7, 11) is 0. The molecule has 0 saturated heterocycles. The second-order valence-corrected chi connectivity index (χ2v) is 5.71. The maximum atomic E-state index is 12.8. The van der Waals surface area contributed by atoms with Crippen molar-refractivity contribution < 1.29 is 18.0 Å². The Morgan fingerprint density at radius 3 is 2.32 bits per heavy atom. The number of alkyl halides is 3. The smallest absolute Gasteiger partial charge is 0.307 e. The van der Waals surface area contributed by atoms with Crippen LogP contribution in [0.5, 0.6) is 0 Å². The lowest BCUT2D eigenvalue weighted by molar-refractivity contribution is -0.137. The van der Waals surface area contributed by atoms with Crippen LogP contribution < -0.4 is 10.6 Å². The first-order chi connectivity index (χ1) is 11.8. The molecule has 3 rings (SSSR count). The Labute approximate surface area is 146 Å². The van der Waals surface area contributed by atoms with Crippen LogP contribution in [0.1, 0.15) is 5.56 Å². The Hall–Kier alpha value is -2.73. The number of hydrogen-bond donors (Lipinski definition) is 2. The number of halogens is 4. The number of rotatable bonds is 2. The number of carbonyl (C=O) groups is 1. The highest BCUT2D eigenvalue weighted by Crippen LogP contribution is 2.34. The van der Waals surface area contributed by atoms with Crippen LogP contribution in [0.25, 0.3) is 10.8 Å². The van der Waals surface area contributed by atoms with Gasteiger partial charge in [0.1, 0.15) is 0 Å². The molecule has 0 fully saturated rings. The zero-order valence-electron chi connectivity index (χ0n) is 12.7. The number of amides is 2. The maximum Gasteiger partial charge on any atom is 0.416 e. The molecule has 7 heteroatoms. The van der Waals surface area contributed by atoms with Crippen molar-refractivity contribution in [2.24, 2.45) is 0 Å². The first-order valence-electron chi connectivity index (χ1n) is 7.27. The SMILES string of the molecule is O=C(Nc1cc(C(F)(F)F)ccc1Cl)Nc1cccc2ccccc12. The van der Waals surface area contributed by atoms with E-state index in [1.807, 2.05) is 30.3 Å². The van der Waals surface area contributed by atoms with Gasteiger partial charge >= 0.3 is 12.2 Å². The Bertz CT molecular complexity index is 936. The number of hydrogen-bond acceptors (Lipinski definition) is 1. The van der Waals surface area contributed by atoms with E-state index < -0.39 is 17.8 Å². The number of carbonyl (C=O) groups excluding carboxylic acids is 1. The number of fused-ring (bicyclic) bond motifs is 1. The molecule has 3 aromatic rings. The van der Waals surface area contributed by atoms with Crippen LogP contribution >= 0.6 is 11.6 Å². The summed E-state index contributed by atoms with van der Waals surface area (Å²) in [5, 5.41) is 6.74. The predicted octanol–water partition coefficient (Wildman–Crippen LogP) is 6.16. The minimum Gasteiger partial charge on any atom is -0.307 e. The molecule has 128 valence electrons. The highest BCUT2D eigenvalue weighted by molar-refractivity contribution is 6.33. The van der Waals surface area contributed by atoms with Crippen LogP contribution in [0, 0.1) is 0 Å². The molecular weight excluding hydrogens is 353 g/mol. The van der Waals surface area contributed by atoms with Crippen LogP contribution in [0.4, 0.5) is 29.3 Å². The van der Waals surface area contributed by atoms with Gasteiger partial charge in [0, 0.05) is 5.39 Å². The van der Waals surface area contributed by atoms with Crippen molar-refractivity contribution in [3.05, 3.63) is 71.2 Å². The van der Waals surface area contributed by atoms with E-state index in [2.05, 4.69) is 10.6 Å². The number of anilines is 2. The summed E-state index contributed by atoms with van der Waals surface area (Å²) in [4.78, 5) is 12.2. The topological polar surface area (TPSA) is 41.1 Å². The zero-order valence-corrected chi connectivity index (χ0v) is 13.4. The van der Waals surface area contributed by atoms with Gasteiger partial charge in [-0.15, -0.1) is 0 Å². The van der Waals surface area contributed by atoms with E-state index in [1.54, 1.807) is 12.1 Å². The average molecular weight is 365 g/mol. The fourth-order valence-corrected chi connectivity index (χ4v) is 2.57. The standard InChI is InChI=1S/C18H12ClF3N2O/c19-14-9-8-12(18(20,21)22)10-16(14)24-17(25)23-15-7-3-5-11-4-1-2-6-13(11)15/h1-10H,(H2,23,24,25). The molecule has 2 amide bonds. The summed E-state index contributed by atoms with van der Waals surface area (Å²) >= 11 is 5.88. The summed E-state index contributed by atoms with van der Waals surface area (Å²) in [5.74, 6) is 0. The van der Waals surface area contributed by atoms with Crippen molar-refractivity contribution in [1.29, 1.82) is 0 Å². The van der Waals surface area contributed by atoms with Crippen molar-refractivity contribution >= 4 is 39.8 Å². The molecule has 25 heavy (non-hydrogen) atoms. The first-order valence-corrected chi connectivity index (χ1v) is 7.65. The normalized spacial score (nSPS) is 11.4. The molecule has 0 aromatic heterocycles. The van der Waals surface area contributed by atoms with Crippen LogP contribution in [0.2, 0.25) is 5.02 Å². The van der Waals surface area contributed by atoms with Gasteiger partial charge in [-0.25, -0.2) is 4.79 Å². The minimum atomic E-state index is -4.52. The molecule has 0 heterocycles. The van der Waals surface area contributed by atoms with Crippen LogP contribution in [0.3, 0.4) is 0 Å². The van der Waals surface area contributed by atoms with E-state index in [-0.39, 0.29) is 10.7 Å². The van der Waals surface area contributed by atoms with E-state index in [1.165, 1.54) is 0 Å². The fraction of sp³-hybridized carbons (Fsp3) is 0.0556. The van der Waals surface area contributed by atoms with E-state index in [9.17, 15) is 18.0 Å². The second kappa shape index (κ2) is 6.64. The largest absolute Gasteiger partial charge is 0.416 e. The molecule has 0 radical (unpaired) electrons. The third-order valence-corrected chi connectivity index (χ3v) is 3.91. The Morgan fingerprint density at radius 2 is 1.56 bits per heavy atom. The van der Waals surface area contributed by atoms with Crippen molar-refractivity contribution in [2.45, 2.75) is 6.18 Å². The molecule has 0 aliphatic carbocycles. The fourth-order valence-electron chi connectivity index (χ4n) is 2.41. The number of nitrogens with one attached hydrogen (secondary N) is 2. The molecule has 3 nitrogen and oxygen atoms in total. The third kappa shape index (κ3) is 3.85. The van der Waals surface area contributed by atoms with Crippen molar-refractivity contribution in [3.63, 3.8) is 0 Å². The lowest BCUT2D eigenvalue weighted by atomic mass is 10.1. The van der Waals surface area contributed by atoms with Crippen molar-refractivity contribution in [3.8, 4) is 0 Å².